The molecular weight excluding hydrogens is 377 g/mol. The summed E-state index contributed by atoms with van der Waals surface area (Å²) in [5.41, 5.74) is 0. The van der Waals surface area contributed by atoms with E-state index in [2.05, 4.69) is 36.4 Å². The summed E-state index contributed by atoms with van der Waals surface area (Å²) < 4.78 is 22.7. The summed E-state index contributed by atoms with van der Waals surface area (Å²) in [5, 5.41) is 6.48. The Bertz CT molecular complexity index is 382. The zero-order valence-corrected chi connectivity index (χ0v) is 15.1. The van der Waals surface area contributed by atoms with Crippen molar-refractivity contribution in [2.75, 3.05) is 24.6 Å². The van der Waals surface area contributed by atoms with Crippen LogP contribution in [0.2, 0.25) is 0 Å². The molecule has 19 heavy (non-hydrogen) atoms. The first kappa shape index (κ1) is 18.9. The fourth-order valence-electron chi connectivity index (χ4n) is 1.91. The lowest BCUT2D eigenvalue weighted by atomic mass is 10.1. The first-order chi connectivity index (χ1) is 8.43. The van der Waals surface area contributed by atoms with Crippen molar-refractivity contribution in [3.05, 3.63) is 0 Å². The number of sulfone groups is 1. The lowest BCUT2D eigenvalue weighted by molar-refractivity contribution is 0.587. The molecule has 1 aliphatic rings. The lowest BCUT2D eigenvalue weighted by Gasteiger charge is -2.15. The van der Waals surface area contributed by atoms with Gasteiger partial charge in [0.25, 0.3) is 0 Å². The molecule has 1 unspecified atom stereocenters. The number of aliphatic imine (C=N–C) groups is 1. The molecule has 5 nitrogen and oxygen atoms in total. The van der Waals surface area contributed by atoms with Gasteiger partial charge in [0, 0.05) is 19.1 Å². The maximum atomic E-state index is 11.4. The molecule has 1 heterocycles. The molecule has 0 aromatic heterocycles. The van der Waals surface area contributed by atoms with Crippen molar-refractivity contribution in [1.29, 1.82) is 0 Å². The third kappa shape index (κ3) is 7.96. The van der Waals surface area contributed by atoms with E-state index in [-0.39, 0.29) is 29.9 Å². The highest BCUT2D eigenvalue weighted by Gasteiger charge is 2.27. The lowest BCUT2D eigenvalue weighted by Crippen LogP contribution is -2.41. The first-order valence-corrected chi connectivity index (χ1v) is 8.50. The van der Waals surface area contributed by atoms with Crippen LogP contribution in [0.5, 0.6) is 0 Å². The fourth-order valence-corrected chi connectivity index (χ4v) is 3.76. The molecule has 1 fully saturated rings. The van der Waals surface area contributed by atoms with Crippen molar-refractivity contribution in [3.8, 4) is 0 Å². The zero-order chi connectivity index (χ0) is 13.6. The molecule has 114 valence electrons. The van der Waals surface area contributed by atoms with E-state index >= 15 is 0 Å². The number of nitrogens with one attached hydrogen (secondary N) is 2. The Balaban J connectivity index is 0.00000324. The minimum Gasteiger partial charge on any atom is -0.356 e. The molecule has 0 spiro atoms. The molecule has 1 rings (SSSR count). The van der Waals surface area contributed by atoms with E-state index < -0.39 is 9.84 Å². The predicted molar refractivity (Wildman–Crippen MR) is 91.0 cm³/mol. The number of hydrogen-bond acceptors (Lipinski definition) is 3. The molecule has 1 atom stereocenters. The van der Waals surface area contributed by atoms with Gasteiger partial charge in [0.1, 0.15) is 0 Å². The van der Waals surface area contributed by atoms with Crippen LogP contribution in [-0.2, 0) is 9.84 Å². The molecular formula is C12H26IN3O2S. The molecule has 0 aliphatic carbocycles. The monoisotopic (exact) mass is 403 g/mol. The maximum Gasteiger partial charge on any atom is 0.191 e. The van der Waals surface area contributed by atoms with Crippen molar-refractivity contribution in [2.24, 2.45) is 10.9 Å². The number of guanidine groups is 1. The standard InChI is InChI=1S/C12H25N3O2S.HI/c1-4-6-13-12(15-10(2)3)14-8-11-5-7-18(16,17)9-11;/h10-11H,4-9H2,1-3H3,(H2,13,14,15);1H. The first-order valence-electron chi connectivity index (χ1n) is 6.68. The van der Waals surface area contributed by atoms with E-state index in [1.54, 1.807) is 0 Å². The number of halogens is 1. The second kappa shape index (κ2) is 8.99. The van der Waals surface area contributed by atoms with E-state index in [9.17, 15) is 8.42 Å². The minimum atomic E-state index is -2.79. The Morgan fingerprint density at radius 3 is 2.58 bits per heavy atom. The molecule has 0 saturated carbocycles. The Kier molecular flexibility index (Phi) is 8.97. The molecule has 0 aromatic carbocycles. The van der Waals surface area contributed by atoms with Crippen LogP contribution in [0.15, 0.2) is 4.99 Å². The van der Waals surface area contributed by atoms with E-state index in [4.69, 9.17) is 0 Å². The summed E-state index contributed by atoms with van der Waals surface area (Å²) in [6, 6.07) is 0.320. The Morgan fingerprint density at radius 1 is 1.42 bits per heavy atom. The van der Waals surface area contributed by atoms with Crippen LogP contribution < -0.4 is 10.6 Å². The highest BCUT2D eigenvalue weighted by atomic mass is 127. The van der Waals surface area contributed by atoms with E-state index in [0.29, 0.717) is 24.1 Å². The van der Waals surface area contributed by atoms with Gasteiger partial charge < -0.3 is 10.6 Å². The Hall–Kier alpha value is -0.0500. The summed E-state index contributed by atoms with van der Waals surface area (Å²) in [4.78, 5) is 4.48. The molecule has 0 aromatic rings. The van der Waals surface area contributed by atoms with Gasteiger partial charge in [-0.05, 0) is 32.6 Å². The van der Waals surface area contributed by atoms with E-state index in [1.165, 1.54) is 0 Å². The van der Waals surface area contributed by atoms with Crippen molar-refractivity contribution < 1.29 is 8.42 Å². The number of nitrogens with zero attached hydrogens (tertiary/aromatic N) is 1. The van der Waals surface area contributed by atoms with Gasteiger partial charge in [-0.3, -0.25) is 4.99 Å². The van der Waals surface area contributed by atoms with Crippen LogP contribution in [0.1, 0.15) is 33.6 Å². The summed E-state index contributed by atoms with van der Waals surface area (Å²) >= 11 is 0. The summed E-state index contributed by atoms with van der Waals surface area (Å²) in [5.74, 6) is 1.58. The second-order valence-electron chi connectivity index (χ2n) is 5.18. The van der Waals surface area contributed by atoms with Crippen molar-refractivity contribution in [1.82, 2.24) is 10.6 Å². The maximum absolute atomic E-state index is 11.4. The summed E-state index contributed by atoms with van der Waals surface area (Å²) in [6.45, 7) is 7.68. The van der Waals surface area contributed by atoms with Gasteiger partial charge in [-0.25, -0.2) is 8.42 Å². The minimum absolute atomic E-state index is 0. The van der Waals surface area contributed by atoms with Gasteiger partial charge in [-0.2, -0.15) is 0 Å². The van der Waals surface area contributed by atoms with Gasteiger partial charge >= 0.3 is 0 Å². The molecule has 2 N–H and O–H groups in total. The highest BCUT2D eigenvalue weighted by molar-refractivity contribution is 14.0. The summed E-state index contributed by atoms with van der Waals surface area (Å²) in [7, 11) is -2.79. The molecule has 0 bridgehead atoms. The van der Waals surface area contributed by atoms with Crippen LogP contribution in [0.3, 0.4) is 0 Å². The zero-order valence-electron chi connectivity index (χ0n) is 12.0. The number of hydrogen-bond donors (Lipinski definition) is 2. The van der Waals surface area contributed by atoms with Gasteiger partial charge in [0.05, 0.1) is 11.5 Å². The number of rotatable bonds is 5. The predicted octanol–water partition coefficient (Wildman–Crippen LogP) is 1.39. The van der Waals surface area contributed by atoms with Gasteiger partial charge in [-0.1, -0.05) is 6.92 Å². The third-order valence-corrected chi connectivity index (χ3v) is 4.64. The molecule has 1 aliphatic heterocycles. The average molecular weight is 403 g/mol. The van der Waals surface area contributed by atoms with Gasteiger partial charge in [0.15, 0.2) is 15.8 Å². The Labute approximate surface area is 134 Å². The SMILES string of the molecule is CCCNC(=NCC1CCS(=O)(=O)C1)NC(C)C.I. The van der Waals surface area contributed by atoms with Crippen molar-refractivity contribution >= 4 is 39.8 Å². The van der Waals surface area contributed by atoms with Gasteiger partial charge in [-0.15, -0.1) is 24.0 Å². The topological polar surface area (TPSA) is 70.6 Å². The average Bonchev–Trinajstić information content (AvgIpc) is 2.61. The second-order valence-corrected chi connectivity index (χ2v) is 7.41. The van der Waals surface area contributed by atoms with Crippen LogP contribution in [0, 0.1) is 5.92 Å². The fraction of sp³-hybridized carbons (Fsp3) is 0.917. The molecule has 0 radical (unpaired) electrons. The quantitative estimate of drug-likeness (QED) is 0.414. The van der Waals surface area contributed by atoms with Crippen molar-refractivity contribution in [3.63, 3.8) is 0 Å². The van der Waals surface area contributed by atoms with E-state index in [0.717, 1.165) is 25.3 Å². The Morgan fingerprint density at radius 2 is 2.11 bits per heavy atom. The van der Waals surface area contributed by atoms with Crippen LogP contribution in [0.25, 0.3) is 0 Å². The smallest absolute Gasteiger partial charge is 0.191 e. The van der Waals surface area contributed by atoms with Crippen LogP contribution >= 0.6 is 24.0 Å². The van der Waals surface area contributed by atoms with Crippen LogP contribution in [-0.4, -0.2) is 45.0 Å². The summed E-state index contributed by atoms with van der Waals surface area (Å²) in [6.07, 6.45) is 1.78. The normalized spacial score (nSPS) is 22.1. The van der Waals surface area contributed by atoms with Gasteiger partial charge in [0.2, 0.25) is 0 Å². The largest absolute Gasteiger partial charge is 0.356 e. The van der Waals surface area contributed by atoms with E-state index in [1.807, 2.05) is 0 Å². The molecule has 7 heteroatoms. The highest BCUT2D eigenvalue weighted by Crippen LogP contribution is 2.18. The molecule has 1 saturated heterocycles. The van der Waals surface area contributed by atoms with Crippen molar-refractivity contribution in [2.45, 2.75) is 39.7 Å². The van der Waals surface area contributed by atoms with Crippen LogP contribution in [0.4, 0.5) is 0 Å². The molecule has 0 amide bonds. The third-order valence-electron chi connectivity index (χ3n) is 2.80.